The lowest BCUT2D eigenvalue weighted by Crippen LogP contribution is -1.96. The Morgan fingerprint density at radius 3 is 2.56 bits per heavy atom. The molecule has 0 aliphatic carbocycles. The summed E-state index contributed by atoms with van der Waals surface area (Å²) in [6.07, 6.45) is 0. The summed E-state index contributed by atoms with van der Waals surface area (Å²) in [6, 6.07) is 7.83. The maximum atomic E-state index is 5.58. The molecule has 1 heterocycles. The molecule has 0 saturated heterocycles. The van der Waals surface area contributed by atoms with Gasteiger partial charge in [-0.2, -0.15) is 0 Å². The van der Waals surface area contributed by atoms with Crippen molar-refractivity contribution in [2.24, 2.45) is 5.73 Å². The standard InChI is InChI=1S/C11H11BrN2OS/c1-15-8-4-2-7(3-5-8)11-14-9(6-13)10(12)16-11/h2-5H,6,13H2,1H3. The van der Waals surface area contributed by atoms with Crippen molar-refractivity contribution >= 4 is 27.3 Å². The van der Waals surface area contributed by atoms with Gasteiger partial charge in [-0.25, -0.2) is 4.98 Å². The van der Waals surface area contributed by atoms with E-state index in [-0.39, 0.29) is 0 Å². The number of benzene rings is 1. The number of rotatable bonds is 3. The Labute approximate surface area is 106 Å². The van der Waals surface area contributed by atoms with Crippen LogP contribution in [-0.4, -0.2) is 12.1 Å². The molecule has 2 N–H and O–H groups in total. The second-order valence-electron chi connectivity index (χ2n) is 3.17. The molecule has 0 fully saturated rings. The van der Waals surface area contributed by atoms with E-state index in [2.05, 4.69) is 20.9 Å². The van der Waals surface area contributed by atoms with E-state index in [0.29, 0.717) is 6.54 Å². The third kappa shape index (κ3) is 2.26. The summed E-state index contributed by atoms with van der Waals surface area (Å²) in [4.78, 5) is 4.46. The number of hydrogen-bond donors (Lipinski definition) is 1. The fourth-order valence-electron chi connectivity index (χ4n) is 1.32. The van der Waals surface area contributed by atoms with Gasteiger partial charge in [-0.15, -0.1) is 11.3 Å². The highest BCUT2D eigenvalue weighted by atomic mass is 79.9. The van der Waals surface area contributed by atoms with Gasteiger partial charge in [0, 0.05) is 12.1 Å². The molecule has 2 rings (SSSR count). The van der Waals surface area contributed by atoms with Crippen LogP contribution in [0, 0.1) is 0 Å². The average Bonchev–Trinajstić information content (AvgIpc) is 2.71. The van der Waals surface area contributed by atoms with Crippen molar-refractivity contribution in [1.82, 2.24) is 4.98 Å². The first-order valence-corrected chi connectivity index (χ1v) is 6.35. The van der Waals surface area contributed by atoms with Gasteiger partial charge in [-0.05, 0) is 40.2 Å². The van der Waals surface area contributed by atoms with Crippen LogP contribution < -0.4 is 10.5 Å². The van der Waals surface area contributed by atoms with Gasteiger partial charge in [0.2, 0.25) is 0 Å². The van der Waals surface area contributed by atoms with Gasteiger partial charge in [0.1, 0.15) is 10.8 Å². The molecule has 0 bridgehead atoms. The van der Waals surface area contributed by atoms with Crippen molar-refractivity contribution in [2.45, 2.75) is 6.54 Å². The molecule has 1 aromatic heterocycles. The van der Waals surface area contributed by atoms with Gasteiger partial charge >= 0.3 is 0 Å². The molecule has 0 aliphatic heterocycles. The SMILES string of the molecule is COc1ccc(-c2nc(CN)c(Br)s2)cc1. The summed E-state index contributed by atoms with van der Waals surface area (Å²) in [5.74, 6) is 0.846. The Bertz CT molecular complexity index is 481. The third-order valence-electron chi connectivity index (χ3n) is 2.18. The highest BCUT2D eigenvalue weighted by Gasteiger charge is 2.09. The Balaban J connectivity index is 2.34. The number of ether oxygens (including phenoxy) is 1. The Kier molecular flexibility index (Phi) is 3.58. The molecule has 3 nitrogen and oxygen atoms in total. The zero-order chi connectivity index (χ0) is 11.5. The predicted octanol–water partition coefficient (Wildman–Crippen LogP) is 3.04. The minimum absolute atomic E-state index is 0.452. The largest absolute Gasteiger partial charge is 0.497 e. The van der Waals surface area contributed by atoms with E-state index in [1.165, 1.54) is 0 Å². The van der Waals surface area contributed by atoms with E-state index in [0.717, 1.165) is 25.8 Å². The topological polar surface area (TPSA) is 48.1 Å². The lowest BCUT2D eigenvalue weighted by Gasteiger charge is -1.99. The second-order valence-corrected chi connectivity index (χ2v) is 5.49. The van der Waals surface area contributed by atoms with E-state index in [1.54, 1.807) is 18.4 Å². The molecular weight excluding hydrogens is 288 g/mol. The fraction of sp³-hybridized carbons (Fsp3) is 0.182. The number of nitrogens with two attached hydrogens (primary N) is 1. The number of nitrogens with zero attached hydrogens (tertiary/aromatic N) is 1. The Morgan fingerprint density at radius 1 is 1.38 bits per heavy atom. The second kappa shape index (κ2) is 4.95. The predicted molar refractivity (Wildman–Crippen MR) is 69.7 cm³/mol. The van der Waals surface area contributed by atoms with Crippen LogP contribution in [0.5, 0.6) is 5.75 Å². The molecule has 0 spiro atoms. The van der Waals surface area contributed by atoms with Gasteiger partial charge in [-0.1, -0.05) is 0 Å². The molecular formula is C11H11BrN2OS. The highest BCUT2D eigenvalue weighted by molar-refractivity contribution is 9.11. The van der Waals surface area contributed by atoms with Crippen LogP contribution in [-0.2, 0) is 6.54 Å². The van der Waals surface area contributed by atoms with Crippen LogP contribution in [0.25, 0.3) is 10.6 Å². The van der Waals surface area contributed by atoms with Gasteiger partial charge < -0.3 is 10.5 Å². The molecule has 5 heteroatoms. The zero-order valence-electron chi connectivity index (χ0n) is 8.74. The van der Waals surface area contributed by atoms with Gasteiger partial charge in [0.15, 0.2) is 0 Å². The number of thiazole rings is 1. The van der Waals surface area contributed by atoms with Crippen molar-refractivity contribution in [3.8, 4) is 16.3 Å². The van der Waals surface area contributed by atoms with Crippen LogP contribution in [0.4, 0.5) is 0 Å². The molecule has 2 aromatic rings. The Morgan fingerprint density at radius 2 is 2.06 bits per heavy atom. The van der Waals surface area contributed by atoms with Gasteiger partial charge in [0.25, 0.3) is 0 Å². The van der Waals surface area contributed by atoms with Crippen molar-refractivity contribution in [1.29, 1.82) is 0 Å². The smallest absolute Gasteiger partial charge is 0.124 e. The van der Waals surface area contributed by atoms with Crippen molar-refractivity contribution in [3.05, 3.63) is 33.7 Å². The van der Waals surface area contributed by atoms with Crippen LogP contribution >= 0.6 is 27.3 Å². The van der Waals surface area contributed by atoms with Crippen molar-refractivity contribution in [2.75, 3.05) is 7.11 Å². The lowest BCUT2D eigenvalue weighted by atomic mass is 10.2. The van der Waals surface area contributed by atoms with Crippen LogP contribution in [0.15, 0.2) is 28.1 Å². The number of aromatic nitrogens is 1. The Hall–Kier alpha value is -0.910. The first-order valence-electron chi connectivity index (χ1n) is 4.74. The summed E-state index contributed by atoms with van der Waals surface area (Å²) in [5.41, 5.74) is 7.56. The molecule has 84 valence electrons. The minimum Gasteiger partial charge on any atom is -0.497 e. The molecule has 0 radical (unpaired) electrons. The van der Waals surface area contributed by atoms with E-state index in [9.17, 15) is 0 Å². The quantitative estimate of drug-likeness (QED) is 0.947. The van der Waals surface area contributed by atoms with Crippen LogP contribution in [0.1, 0.15) is 5.69 Å². The summed E-state index contributed by atoms with van der Waals surface area (Å²) < 4.78 is 6.11. The zero-order valence-corrected chi connectivity index (χ0v) is 11.1. The maximum absolute atomic E-state index is 5.58. The maximum Gasteiger partial charge on any atom is 0.124 e. The summed E-state index contributed by atoms with van der Waals surface area (Å²) in [6.45, 7) is 0.452. The first-order chi connectivity index (χ1) is 7.74. The average molecular weight is 299 g/mol. The van der Waals surface area contributed by atoms with Crippen molar-refractivity contribution in [3.63, 3.8) is 0 Å². The van der Waals surface area contributed by atoms with Crippen LogP contribution in [0.3, 0.4) is 0 Å². The van der Waals surface area contributed by atoms with E-state index < -0.39 is 0 Å². The molecule has 1 aromatic carbocycles. The summed E-state index contributed by atoms with van der Waals surface area (Å²) >= 11 is 5.04. The fourth-order valence-corrected chi connectivity index (χ4v) is 2.85. The van der Waals surface area contributed by atoms with Crippen LogP contribution in [0.2, 0.25) is 0 Å². The number of halogens is 1. The highest BCUT2D eigenvalue weighted by Crippen LogP contribution is 2.32. The molecule has 16 heavy (non-hydrogen) atoms. The normalized spacial score (nSPS) is 10.4. The molecule has 0 atom stereocenters. The van der Waals surface area contributed by atoms with E-state index in [1.807, 2.05) is 24.3 Å². The summed E-state index contributed by atoms with van der Waals surface area (Å²) in [7, 11) is 1.65. The lowest BCUT2D eigenvalue weighted by molar-refractivity contribution is 0.415. The molecule has 0 aliphatic rings. The van der Waals surface area contributed by atoms with E-state index >= 15 is 0 Å². The first kappa shape index (κ1) is 11.6. The monoisotopic (exact) mass is 298 g/mol. The molecule has 0 saturated carbocycles. The molecule has 0 unspecified atom stereocenters. The number of hydrogen-bond acceptors (Lipinski definition) is 4. The van der Waals surface area contributed by atoms with Gasteiger partial charge in [0.05, 0.1) is 16.6 Å². The molecule has 0 amide bonds. The van der Waals surface area contributed by atoms with E-state index in [4.69, 9.17) is 10.5 Å². The third-order valence-corrected chi connectivity index (χ3v) is 4.06. The van der Waals surface area contributed by atoms with Gasteiger partial charge in [-0.3, -0.25) is 0 Å². The number of methoxy groups -OCH3 is 1. The van der Waals surface area contributed by atoms with Crippen molar-refractivity contribution < 1.29 is 4.74 Å². The minimum atomic E-state index is 0.452. The summed E-state index contributed by atoms with van der Waals surface area (Å²) in [5, 5.41) is 0.968.